The van der Waals surface area contributed by atoms with Gasteiger partial charge in [0.25, 0.3) is 0 Å². The first-order valence-electron chi connectivity index (χ1n) is 7.21. The summed E-state index contributed by atoms with van der Waals surface area (Å²) in [5.74, 6) is -2.41. The Hall–Kier alpha value is -1.58. The lowest BCUT2D eigenvalue weighted by molar-refractivity contribution is 0.400. The lowest BCUT2D eigenvalue weighted by Crippen LogP contribution is -2.04. The highest BCUT2D eigenvalue weighted by molar-refractivity contribution is 9.13. The van der Waals surface area contributed by atoms with Crippen LogP contribution in [0.2, 0.25) is 0 Å². The second-order valence-corrected chi connectivity index (χ2v) is 9.30. The van der Waals surface area contributed by atoms with Gasteiger partial charge in [0, 0.05) is 26.3 Å². The van der Waals surface area contributed by atoms with Crippen molar-refractivity contribution in [1.29, 1.82) is 0 Å². The highest BCUT2D eigenvalue weighted by Crippen LogP contribution is 2.39. The molecule has 4 nitrogen and oxygen atoms in total. The standard InChI is InChI=1S/C17H11Br2F2NO3S/c1-8-14(10-4-6-13(26(2,23)24)16(21)15(10)20)17(22-25-8)9-3-5-11(18)12(19)7-9/h3-7H,1-2H3. The number of hydrogen-bond acceptors (Lipinski definition) is 4. The summed E-state index contributed by atoms with van der Waals surface area (Å²) in [7, 11) is -3.89. The largest absolute Gasteiger partial charge is 0.360 e. The lowest BCUT2D eigenvalue weighted by Gasteiger charge is -2.09. The Labute approximate surface area is 165 Å². The summed E-state index contributed by atoms with van der Waals surface area (Å²) in [5.41, 5.74) is 1.08. The lowest BCUT2D eigenvalue weighted by atomic mass is 9.99. The summed E-state index contributed by atoms with van der Waals surface area (Å²) >= 11 is 6.74. The van der Waals surface area contributed by atoms with E-state index in [1.54, 1.807) is 25.1 Å². The van der Waals surface area contributed by atoms with Crippen LogP contribution in [0, 0.1) is 18.6 Å². The first kappa shape index (κ1) is 19.2. The van der Waals surface area contributed by atoms with Crippen molar-refractivity contribution >= 4 is 41.7 Å². The molecule has 26 heavy (non-hydrogen) atoms. The van der Waals surface area contributed by atoms with Crippen LogP contribution in [-0.2, 0) is 9.84 Å². The van der Waals surface area contributed by atoms with Gasteiger partial charge in [-0.2, -0.15) is 0 Å². The predicted molar refractivity (Wildman–Crippen MR) is 101 cm³/mol. The Morgan fingerprint density at radius 1 is 1.04 bits per heavy atom. The third kappa shape index (κ3) is 3.35. The fourth-order valence-electron chi connectivity index (χ4n) is 2.54. The maximum Gasteiger partial charge on any atom is 0.178 e. The molecule has 0 bridgehead atoms. The van der Waals surface area contributed by atoms with Crippen LogP contribution in [0.4, 0.5) is 8.78 Å². The molecular weight excluding hydrogens is 496 g/mol. The first-order valence-corrected chi connectivity index (χ1v) is 10.7. The molecule has 1 aromatic heterocycles. The molecule has 0 aliphatic heterocycles. The smallest absolute Gasteiger partial charge is 0.178 e. The molecule has 0 spiro atoms. The highest BCUT2D eigenvalue weighted by atomic mass is 79.9. The molecule has 3 aromatic rings. The van der Waals surface area contributed by atoms with Crippen molar-refractivity contribution in [2.75, 3.05) is 6.26 Å². The maximum atomic E-state index is 14.6. The van der Waals surface area contributed by atoms with Crippen LogP contribution in [0.1, 0.15) is 5.76 Å². The van der Waals surface area contributed by atoms with Crippen molar-refractivity contribution in [2.24, 2.45) is 0 Å². The maximum absolute atomic E-state index is 14.6. The molecule has 0 fully saturated rings. The summed E-state index contributed by atoms with van der Waals surface area (Å²) in [5, 5.41) is 3.96. The SMILES string of the molecule is Cc1onc(-c2ccc(Br)c(Br)c2)c1-c1ccc(S(C)(=O)=O)c(F)c1F. The van der Waals surface area contributed by atoms with E-state index < -0.39 is 26.4 Å². The molecular formula is C17H11Br2F2NO3S. The Bertz CT molecular complexity index is 1130. The van der Waals surface area contributed by atoms with Crippen molar-refractivity contribution in [3.05, 3.63) is 56.7 Å². The normalized spacial score (nSPS) is 11.8. The van der Waals surface area contributed by atoms with E-state index in [0.717, 1.165) is 21.3 Å². The van der Waals surface area contributed by atoms with E-state index in [9.17, 15) is 17.2 Å². The minimum atomic E-state index is -3.89. The van der Waals surface area contributed by atoms with E-state index >= 15 is 0 Å². The zero-order valence-electron chi connectivity index (χ0n) is 13.5. The monoisotopic (exact) mass is 505 g/mol. The van der Waals surface area contributed by atoms with Gasteiger partial charge in [0.2, 0.25) is 0 Å². The van der Waals surface area contributed by atoms with E-state index in [4.69, 9.17) is 4.52 Å². The van der Waals surface area contributed by atoms with Crippen molar-refractivity contribution in [3.63, 3.8) is 0 Å². The van der Waals surface area contributed by atoms with Crippen LogP contribution in [0.3, 0.4) is 0 Å². The highest BCUT2D eigenvalue weighted by Gasteiger charge is 2.25. The second-order valence-electron chi connectivity index (χ2n) is 5.60. The van der Waals surface area contributed by atoms with E-state index in [0.29, 0.717) is 11.3 Å². The summed E-state index contributed by atoms with van der Waals surface area (Å²) in [6.45, 7) is 1.57. The topological polar surface area (TPSA) is 60.2 Å². The fraction of sp³-hybridized carbons (Fsp3) is 0.118. The van der Waals surface area contributed by atoms with Crippen molar-refractivity contribution in [3.8, 4) is 22.4 Å². The van der Waals surface area contributed by atoms with E-state index in [1.807, 2.05) is 0 Å². The average molecular weight is 507 g/mol. The van der Waals surface area contributed by atoms with Gasteiger partial charge in [-0.25, -0.2) is 17.2 Å². The first-order chi connectivity index (χ1) is 12.1. The Kier molecular flexibility index (Phi) is 5.06. The van der Waals surface area contributed by atoms with E-state index in [2.05, 4.69) is 37.0 Å². The van der Waals surface area contributed by atoms with E-state index in [1.165, 1.54) is 6.07 Å². The molecule has 0 aliphatic rings. The molecule has 0 saturated heterocycles. The minimum Gasteiger partial charge on any atom is -0.360 e. The number of benzene rings is 2. The summed E-state index contributed by atoms with van der Waals surface area (Å²) in [6.07, 6.45) is 0.819. The van der Waals surface area contributed by atoms with Gasteiger partial charge in [-0.3, -0.25) is 0 Å². The summed E-state index contributed by atoms with van der Waals surface area (Å²) in [4.78, 5) is -0.694. The van der Waals surface area contributed by atoms with Gasteiger partial charge in [-0.05, 0) is 63.0 Å². The van der Waals surface area contributed by atoms with Gasteiger partial charge in [-0.1, -0.05) is 11.2 Å². The van der Waals surface area contributed by atoms with Crippen LogP contribution >= 0.6 is 31.9 Å². The quantitative estimate of drug-likeness (QED) is 0.469. The van der Waals surface area contributed by atoms with Crippen molar-refractivity contribution in [1.82, 2.24) is 5.16 Å². The zero-order chi connectivity index (χ0) is 19.2. The molecule has 0 radical (unpaired) electrons. The third-order valence-electron chi connectivity index (χ3n) is 3.77. The van der Waals surface area contributed by atoms with Gasteiger partial charge < -0.3 is 4.52 Å². The summed E-state index contributed by atoms with van der Waals surface area (Å²) in [6, 6.07) is 7.53. The van der Waals surface area contributed by atoms with Crippen LogP contribution in [-0.4, -0.2) is 19.8 Å². The average Bonchev–Trinajstić information content (AvgIpc) is 2.93. The number of aromatic nitrogens is 1. The molecule has 0 N–H and O–H groups in total. The van der Waals surface area contributed by atoms with Crippen LogP contribution in [0.15, 0.2) is 48.7 Å². The molecule has 0 amide bonds. The predicted octanol–water partition coefficient (Wildman–Crippen LogP) is 5.52. The second kappa shape index (κ2) is 6.86. The number of rotatable bonds is 3. The molecule has 0 atom stereocenters. The molecule has 0 aliphatic carbocycles. The Morgan fingerprint density at radius 3 is 2.35 bits per heavy atom. The van der Waals surface area contributed by atoms with Crippen LogP contribution in [0.25, 0.3) is 22.4 Å². The number of nitrogens with zero attached hydrogens (tertiary/aromatic N) is 1. The number of hydrogen-bond donors (Lipinski definition) is 0. The zero-order valence-corrected chi connectivity index (χ0v) is 17.5. The molecule has 136 valence electrons. The molecule has 1 heterocycles. The fourth-order valence-corrected chi connectivity index (χ4v) is 3.90. The number of aryl methyl sites for hydroxylation is 1. The van der Waals surface area contributed by atoms with Gasteiger partial charge >= 0.3 is 0 Å². The van der Waals surface area contributed by atoms with E-state index in [-0.39, 0.29) is 16.9 Å². The van der Waals surface area contributed by atoms with Gasteiger partial charge in [0.05, 0.1) is 5.56 Å². The molecule has 2 aromatic carbocycles. The summed E-state index contributed by atoms with van der Waals surface area (Å²) < 4.78 is 58.9. The van der Waals surface area contributed by atoms with Gasteiger partial charge in [-0.15, -0.1) is 0 Å². The molecule has 9 heteroatoms. The van der Waals surface area contributed by atoms with Crippen molar-refractivity contribution < 1.29 is 21.7 Å². The van der Waals surface area contributed by atoms with Gasteiger partial charge in [0.1, 0.15) is 16.3 Å². The molecule has 0 unspecified atom stereocenters. The van der Waals surface area contributed by atoms with Gasteiger partial charge in [0.15, 0.2) is 21.5 Å². The molecule has 3 rings (SSSR count). The van der Waals surface area contributed by atoms with Crippen LogP contribution in [0.5, 0.6) is 0 Å². The number of halogens is 4. The van der Waals surface area contributed by atoms with Crippen molar-refractivity contribution in [2.45, 2.75) is 11.8 Å². The Balaban J connectivity index is 2.25. The Morgan fingerprint density at radius 2 is 1.73 bits per heavy atom. The third-order valence-corrected chi connectivity index (χ3v) is 6.77. The van der Waals surface area contributed by atoms with Crippen LogP contribution < -0.4 is 0 Å². The molecule has 0 saturated carbocycles. The minimum absolute atomic E-state index is 0.123. The number of sulfone groups is 1.